The maximum Gasteiger partial charge on any atom is 0.164 e. The second-order valence-electron chi connectivity index (χ2n) is 6.66. The summed E-state index contributed by atoms with van der Waals surface area (Å²) in [5.74, 6) is 1.07. The van der Waals surface area contributed by atoms with Crippen LogP contribution in [0.1, 0.15) is 31.0 Å². The van der Waals surface area contributed by atoms with Gasteiger partial charge in [-0.15, -0.1) is 0 Å². The molecule has 27 heavy (non-hydrogen) atoms. The van der Waals surface area contributed by atoms with Crippen molar-refractivity contribution in [2.75, 3.05) is 5.32 Å². The van der Waals surface area contributed by atoms with Gasteiger partial charge in [-0.3, -0.25) is 0 Å². The van der Waals surface area contributed by atoms with Crippen LogP contribution in [0.15, 0.2) is 47.5 Å². The molecule has 3 aromatic heterocycles. The highest BCUT2D eigenvalue weighted by Gasteiger charge is 2.16. The number of halogens is 1. The highest BCUT2D eigenvalue weighted by Crippen LogP contribution is 2.28. The number of hydrogen-bond donors (Lipinski definition) is 1. The van der Waals surface area contributed by atoms with E-state index < -0.39 is 0 Å². The van der Waals surface area contributed by atoms with Gasteiger partial charge in [-0.2, -0.15) is 10.2 Å². The molecule has 138 valence electrons. The Labute approximate surface area is 165 Å². The predicted octanol–water partition coefficient (Wildman–Crippen LogP) is 4.05. The lowest BCUT2D eigenvalue weighted by atomic mass is 10.1. The van der Waals surface area contributed by atoms with E-state index in [0.29, 0.717) is 12.5 Å². The van der Waals surface area contributed by atoms with E-state index in [0.717, 1.165) is 38.4 Å². The first-order valence-corrected chi connectivity index (χ1v) is 9.55. The fourth-order valence-electron chi connectivity index (χ4n) is 3.11. The van der Waals surface area contributed by atoms with Crippen molar-refractivity contribution in [3.8, 4) is 5.69 Å². The Hall–Kier alpha value is -2.74. The lowest BCUT2D eigenvalue weighted by Crippen LogP contribution is -2.05. The van der Waals surface area contributed by atoms with E-state index in [1.54, 1.807) is 11.0 Å². The molecule has 0 aliphatic rings. The molecule has 0 unspecified atom stereocenters. The molecule has 4 rings (SSSR count). The molecule has 1 N–H and O–H groups in total. The van der Waals surface area contributed by atoms with Crippen LogP contribution >= 0.6 is 15.9 Å². The molecule has 0 aliphatic heterocycles. The Kier molecular flexibility index (Phi) is 4.65. The van der Waals surface area contributed by atoms with Crippen LogP contribution in [0.4, 0.5) is 5.82 Å². The van der Waals surface area contributed by atoms with Gasteiger partial charge in [0, 0.05) is 25.4 Å². The summed E-state index contributed by atoms with van der Waals surface area (Å²) in [5.41, 5.74) is 4.04. The molecule has 0 radical (unpaired) electrons. The number of fused-ring (bicyclic) bond motifs is 1. The number of hydrogen-bond acceptors (Lipinski definition) is 5. The van der Waals surface area contributed by atoms with Gasteiger partial charge < -0.3 is 5.32 Å². The van der Waals surface area contributed by atoms with E-state index in [9.17, 15) is 0 Å². The summed E-state index contributed by atoms with van der Waals surface area (Å²) in [6, 6.07) is 10.1. The van der Waals surface area contributed by atoms with Crippen molar-refractivity contribution in [3.63, 3.8) is 0 Å². The fraction of sp³-hybridized carbons (Fsp3) is 0.263. The summed E-state index contributed by atoms with van der Waals surface area (Å²) in [5, 5.41) is 13.5. The van der Waals surface area contributed by atoms with Crippen molar-refractivity contribution < 1.29 is 0 Å². The van der Waals surface area contributed by atoms with E-state index in [1.165, 1.54) is 0 Å². The number of nitrogens with zero attached hydrogens (tertiary/aromatic N) is 6. The molecule has 1 aromatic carbocycles. The minimum Gasteiger partial charge on any atom is -0.365 e. The summed E-state index contributed by atoms with van der Waals surface area (Å²) >= 11 is 3.50. The standard InChI is InChI=1S/C19H20BrN7/c1-12(2)16-13(10-27(24-16)14-7-5-4-6-8-14)9-21-18-15-17(20)25-26(3)19(15)23-11-22-18/h4-8,10-12H,9H2,1-3H3,(H,21,22,23). The monoisotopic (exact) mass is 425 g/mol. The number of para-hydroxylation sites is 1. The minimum absolute atomic E-state index is 0.322. The maximum absolute atomic E-state index is 4.79. The second kappa shape index (κ2) is 7.11. The molecule has 0 aliphatic carbocycles. The molecule has 3 heterocycles. The highest BCUT2D eigenvalue weighted by molar-refractivity contribution is 9.10. The molecule has 0 fully saturated rings. The molecule has 0 bridgehead atoms. The zero-order valence-electron chi connectivity index (χ0n) is 15.4. The quantitative estimate of drug-likeness (QED) is 0.521. The lowest BCUT2D eigenvalue weighted by Gasteiger charge is -2.08. The topological polar surface area (TPSA) is 73.5 Å². The number of benzene rings is 1. The van der Waals surface area contributed by atoms with Crippen LogP contribution in [-0.2, 0) is 13.6 Å². The molecule has 4 aromatic rings. The van der Waals surface area contributed by atoms with Crippen molar-refractivity contribution in [3.05, 3.63) is 58.7 Å². The van der Waals surface area contributed by atoms with Crippen molar-refractivity contribution in [2.24, 2.45) is 7.05 Å². The summed E-state index contributed by atoms with van der Waals surface area (Å²) in [7, 11) is 1.87. The van der Waals surface area contributed by atoms with Crippen LogP contribution < -0.4 is 5.32 Å². The third kappa shape index (κ3) is 3.32. The van der Waals surface area contributed by atoms with Crippen LogP contribution in [-0.4, -0.2) is 29.5 Å². The highest BCUT2D eigenvalue weighted by atomic mass is 79.9. The van der Waals surface area contributed by atoms with Crippen molar-refractivity contribution in [1.29, 1.82) is 0 Å². The van der Waals surface area contributed by atoms with Crippen LogP contribution in [0.5, 0.6) is 0 Å². The van der Waals surface area contributed by atoms with Crippen LogP contribution in [0.3, 0.4) is 0 Å². The average Bonchev–Trinajstić information content (AvgIpc) is 3.23. The molecule has 0 saturated carbocycles. The third-order valence-electron chi connectivity index (χ3n) is 4.41. The summed E-state index contributed by atoms with van der Waals surface area (Å²) in [6.07, 6.45) is 3.63. The van der Waals surface area contributed by atoms with Gasteiger partial charge in [0.2, 0.25) is 0 Å². The smallest absolute Gasteiger partial charge is 0.164 e. The van der Waals surface area contributed by atoms with Crippen LogP contribution in [0, 0.1) is 0 Å². The molecule has 0 saturated heterocycles. The third-order valence-corrected chi connectivity index (χ3v) is 4.97. The molecule has 0 amide bonds. The average molecular weight is 426 g/mol. The maximum atomic E-state index is 4.79. The largest absolute Gasteiger partial charge is 0.365 e. The van der Waals surface area contributed by atoms with Crippen molar-refractivity contribution in [2.45, 2.75) is 26.3 Å². The summed E-state index contributed by atoms with van der Waals surface area (Å²) < 4.78 is 4.40. The first-order valence-electron chi connectivity index (χ1n) is 8.75. The Morgan fingerprint density at radius 3 is 2.63 bits per heavy atom. The van der Waals surface area contributed by atoms with Gasteiger partial charge in [-0.1, -0.05) is 32.0 Å². The number of nitrogens with one attached hydrogen (secondary N) is 1. The first kappa shape index (κ1) is 17.7. The molecule has 0 atom stereocenters. The van der Waals surface area contributed by atoms with Gasteiger partial charge in [0.25, 0.3) is 0 Å². The molecule has 7 nitrogen and oxygen atoms in total. The van der Waals surface area contributed by atoms with Gasteiger partial charge >= 0.3 is 0 Å². The Balaban J connectivity index is 1.66. The summed E-state index contributed by atoms with van der Waals surface area (Å²) in [6.45, 7) is 4.93. The fourth-order valence-corrected chi connectivity index (χ4v) is 3.72. The van der Waals surface area contributed by atoms with Gasteiger partial charge in [0.05, 0.1) is 16.8 Å². The van der Waals surface area contributed by atoms with Crippen LogP contribution in [0.2, 0.25) is 0 Å². The van der Waals surface area contributed by atoms with Gasteiger partial charge in [-0.25, -0.2) is 19.3 Å². The molecule has 0 spiro atoms. The van der Waals surface area contributed by atoms with E-state index in [-0.39, 0.29) is 0 Å². The minimum atomic E-state index is 0.322. The van der Waals surface area contributed by atoms with E-state index in [1.807, 2.05) is 29.9 Å². The number of anilines is 1. The van der Waals surface area contributed by atoms with Crippen LogP contribution in [0.25, 0.3) is 16.7 Å². The van der Waals surface area contributed by atoms with E-state index >= 15 is 0 Å². The normalized spacial score (nSPS) is 11.4. The lowest BCUT2D eigenvalue weighted by molar-refractivity contribution is 0.763. The van der Waals surface area contributed by atoms with E-state index in [2.05, 4.69) is 68.5 Å². The molecular weight excluding hydrogens is 406 g/mol. The van der Waals surface area contributed by atoms with Crippen molar-refractivity contribution >= 4 is 32.8 Å². The SMILES string of the molecule is CC(C)c1nn(-c2ccccc2)cc1CNc1ncnc2c1c(Br)nn2C. The number of rotatable bonds is 5. The Bertz CT molecular complexity index is 1080. The molecular formula is C19H20BrN7. The first-order chi connectivity index (χ1) is 13.0. The predicted molar refractivity (Wildman–Crippen MR) is 109 cm³/mol. The Morgan fingerprint density at radius 1 is 1.11 bits per heavy atom. The molecule has 8 heteroatoms. The van der Waals surface area contributed by atoms with Crippen molar-refractivity contribution in [1.82, 2.24) is 29.5 Å². The second-order valence-corrected chi connectivity index (χ2v) is 7.41. The number of aryl methyl sites for hydroxylation is 1. The van der Waals surface area contributed by atoms with Gasteiger partial charge in [-0.05, 0) is 34.0 Å². The zero-order valence-corrected chi connectivity index (χ0v) is 17.0. The summed E-state index contributed by atoms with van der Waals surface area (Å²) in [4.78, 5) is 8.71. The van der Waals surface area contributed by atoms with E-state index in [4.69, 9.17) is 5.10 Å². The Morgan fingerprint density at radius 2 is 1.89 bits per heavy atom. The van der Waals surface area contributed by atoms with Gasteiger partial charge in [0.1, 0.15) is 16.7 Å². The van der Waals surface area contributed by atoms with Gasteiger partial charge in [0.15, 0.2) is 5.65 Å². The number of aromatic nitrogens is 6. The zero-order chi connectivity index (χ0) is 19.0.